The standard InChI is InChI=1S/C20H29N3/c1-16(15-19-10-3-2-4-12-22-19)21-14-11-18-8-5-7-17-9-6-13-23-20(17)18/h5-9,13,16,19,21-22H,2-4,10-12,14-15H2,1H3. The summed E-state index contributed by atoms with van der Waals surface area (Å²) in [6.45, 7) is 4.52. The van der Waals surface area contributed by atoms with E-state index in [1.54, 1.807) is 0 Å². The van der Waals surface area contributed by atoms with Crippen LogP contribution in [0.25, 0.3) is 10.9 Å². The van der Waals surface area contributed by atoms with Crippen molar-refractivity contribution >= 4 is 10.9 Å². The Hall–Kier alpha value is -1.45. The Kier molecular flexibility index (Phi) is 6.00. The molecule has 3 nitrogen and oxygen atoms in total. The maximum atomic E-state index is 4.55. The predicted octanol–water partition coefficient (Wildman–Crippen LogP) is 3.68. The van der Waals surface area contributed by atoms with Gasteiger partial charge in [0.05, 0.1) is 5.52 Å². The molecule has 2 unspecified atom stereocenters. The van der Waals surface area contributed by atoms with Crippen molar-refractivity contribution in [3.05, 3.63) is 42.1 Å². The molecule has 124 valence electrons. The number of rotatable bonds is 6. The third kappa shape index (κ3) is 4.76. The van der Waals surface area contributed by atoms with E-state index in [0.29, 0.717) is 12.1 Å². The zero-order valence-corrected chi connectivity index (χ0v) is 14.2. The van der Waals surface area contributed by atoms with Crippen molar-refractivity contribution < 1.29 is 0 Å². The molecule has 3 heteroatoms. The molecule has 1 aliphatic rings. The molecular weight excluding hydrogens is 282 g/mol. The highest BCUT2D eigenvalue weighted by Crippen LogP contribution is 2.16. The van der Waals surface area contributed by atoms with Crippen LogP contribution in [-0.4, -0.2) is 30.2 Å². The number of para-hydroxylation sites is 1. The van der Waals surface area contributed by atoms with E-state index in [4.69, 9.17) is 0 Å². The largest absolute Gasteiger partial charge is 0.314 e. The molecule has 2 aromatic rings. The quantitative estimate of drug-likeness (QED) is 0.854. The highest BCUT2D eigenvalue weighted by Gasteiger charge is 2.14. The number of hydrogen-bond donors (Lipinski definition) is 2. The summed E-state index contributed by atoms with van der Waals surface area (Å²) in [5.41, 5.74) is 2.49. The van der Waals surface area contributed by atoms with Gasteiger partial charge in [0.2, 0.25) is 0 Å². The zero-order chi connectivity index (χ0) is 15.9. The van der Waals surface area contributed by atoms with Crippen LogP contribution < -0.4 is 10.6 Å². The van der Waals surface area contributed by atoms with Crippen LogP contribution in [0.15, 0.2) is 36.5 Å². The SMILES string of the molecule is CC(CC1CCCCCN1)NCCc1cccc2cccnc12. The average Bonchev–Trinajstić information content (AvgIpc) is 2.84. The fourth-order valence-electron chi connectivity index (χ4n) is 3.63. The number of aromatic nitrogens is 1. The second-order valence-corrected chi connectivity index (χ2v) is 6.83. The van der Waals surface area contributed by atoms with Crippen LogP contribution in [0.3, 0.4) is 0 Å². The highest BCUT2D eigenvalue weighted by molar-refractivity contribution is 5.81. The summed E-state index contributed by atoms with van der Waals surface area (Å²) in [7, 11) is 0. The van der Waals surface area contributed by atoms with Crippen LogP contribution in [0.1, 0.15) is 44.6 Å². The van der Waals surface area contributed by atoms with Gasteiger partial charge in [0, 0.05) is 23.7 Å². The van der Waals surface area contributed by atoms with Crippen molar-refractivity contribution in [2.45, 2.75) is 57.5 Å². The Bertz CT molecular complexity index is 597. The summed E-state index contributed by atoms with van der Waals surface area (Å²) in [5, 5.41) is 8.63. The maximum Gasteiger partial charge on any atom is 0.0734 e. The fraction of sp³-hybridized carbons (Fsp3) is 0.550. The number of benzene rings is 1. The first-order valence-corrected chi connectivity index (χ1v) is 9.12. The van der Waals surface area contributed by atoms with Crippen molar-refractivity contribution in [3.63, 3.8) is 0 Å². The molecule has 0 amide bonds. The molecule has 0 radical (unpaired) electrons. The van der Waals surface area contributed by atoms with Gasteiger partial charge >= 0.3 is 0 Å². The summed E-state index contributed by atoms with van der Waals surface area (Å²) in [4.78, 5) is 4.55. The van der Waals surface area contributed by atoms with Crippen LogP contribution in [0.4, 0.5) is 0 Å². The molecule has 0 aliphatic carbocycles. The van der Waals surface area contributed by atoms with Gasteiger partial charge in [-0.1, -0.05) is 37.1 Å². The van der Waals surface area contributed by atoms with E-state index < -0.39 is 0 Å². The lowest BCUT2D eigenvalue weighted by atomic mass is 10.0. The van der Waals surface area contributed by atoms with E-state index in [-0.39, 0.29) is 0 Å². The summed E-state index contributed by atoms with van der Waals surface area (Å²) in [6.07, 6.45) is 9.60. The molecule has 23 heavy (non-hydrogen) atoms. The van der Waals surface area contributed by atoms with E-state index in [2.05, 4.69) is 46.8 Å². The van der Waals surface area contributed by atoms with Crippen molar-refractivity contribution in [3.8, 4) is 0 Å². The molecule has 1 fully saturated rings. The summed E-state index contributed by atoms with van der Waals surface area (Å²) in [5.74, 6) is 0. The van der Waals surface area contributed by atoms with Crippen molar-refractivity contribution in [1.29, 1.82) is 0 Å². The molecule has 1 aromatic carbocycles. The van der Waals surface area contributed by atoms with E-state index in [1.165, 1.54) is 49.6 Å². The Labute approximate surface area is 139 Å². The second-order valence-electron chi connectivity index (χ2n) is 6.83. The van der Waals surface area contributed by atoms with Crippen molar-refractivity contribution in [2.24, 2.45) is 0 Å². The van der Waals surface area contributed by atoms with E-state index >= 15 is 0 Å². The molecule has 0 spiro atoms. The van der Waals surface area contributed by atoms with Gasteiger partial charge in [0.25, 0.3) is 0 Å². The first-order chi connectivity index (χ1) is 11.3. The third-order valence-electron chi connectivity index (χ3n) is 4.90. The Morgan fingerprint density at radius 1 is 1.22 bits per heavy atom. The number of nitrogens with one attached hydrogen (secondary N) is 2. The lowest BCUT2D eigenvalue weighted by molar-refractivity contribution is 0.405. The Morgan fingerprint density at radius 3 is 3.09 bits per heavy atom. The minimum Gasteiger partial charge on any atom is -0.314 e. The Morgan fingerprint density at radius 2 is 2.13 bits per heavy atom. The van der Waals surface area contributed by atoms with E-state index in [9.17, 15) is 0 Å². The van der Waals surface area contributed by atoms with Crippen molar-refractivity contribution in [1.82, 2.24) is 15.6 Å². The van der Waals surface area contributed by atoms with Crippen LogP contribution >= 0.6 is 0 Å². The molecule has 1 aliphatic heterocycles. The van der Waals surface area contributed by atoms with Crippen molar-refractivity contribution in [2.75, 3.05) is 13.1 Å². The average molecular weight is 311 g/mol. The Balaban J connectivity index is 1.48. The minimum atomic E-state index is 0.563. The third-order valence-corrected chi connectivity index (χ3v) is 4.90. The number of fused-ring (bicyclic) bond motifs is 1. The zero-order valence-electron chi connectivity index (χ0n) is 14.2. The van der Waals surface area contributed by atoms with Gasteiger partial charge in [-0.3, -0.25) is 4.98 Å². The van der Waals surface area contributed by atoms with Crippen LogP contribution in [0.2, 0.25) is 0 Å². The van der Waals surface area contributed by atoms with Crippen LogP contribution in [0, 0.1) is 0 Å². The first kappa shape index (κ1) is 16.4. The highest BCUT2D eigenvalue weighted by atomic mass is 14.9. The second kappa shape index (κ2) is 8.42. The summed E-state index contributed by atoms with van der Waals surface area (Å²) < 4.78 is 0. The smallest absolute Gasteiger partial charge is 0.0734 e. The van der Waals surface area contributed by atoms with Gasteiger partial charge in [-0.25, -0.2) is 0 Å². The summed E-state index contributed by atoms with van der Waals surface area (Å²) in [6, 6.07) is 11.9. The van der Waals surface area contributed by atoms with Crippen LogP contribution in [0.5, 0.6) is 0 Å². The van der Waals surface area contributed by atoms with E-state index in [1.807, 2.05) is 12.3 Å². The molecule has 1 aromatic heterocycles. The molecule has 1 saturated heterocycles. The van der Waals surface area contributed by atoms with E-state index in [0.717, 1.165) is 18.5 Å². The number of nitrogens with zero attached hydrogens (tertiary/aromatic N) is 1. The molecule has 2 heterocycles. The van der Waals surface area contributed by atoms with Gasteiger partial charge in [0.1, 0.15) is 0 Å². The van der Waals surface area contributed by atoms with Gasteiger partial charge < -0.3 is 10.6 Å². The monoisotopic (exact) mass is 311 g/mol. The number of hydrogen-bond acceptors (Lipinski definition) is 3. The fourth-order valence-corrected chi connectivity index (χ4v) is 3.63. The minimum absolute atomic E-state index is 0.563. The normalized spacial score (nSPS) is 20.3. The lowest BCUT2D eigenvalue weighted by Gasteiger charge is -2.21. The molecule has 3 rings (SSSR count). The molecule has 0 bridgehead atoms. The molecule has 2 N–H and O–H groups in total. The molecular formula is C20H29N3. The topological polar surface area (TPSA) is 37.0 Å². The number of pyridine rings is 1. The first-order valence-electron chi connectivity index (χ1n) is 9.12. The van der Waals surface area contributed by atoms with Crippen LogP contribution in [-0.2, 0) is 6.42 Å². The maximum absolute atomic E-state index is 4.55. The predicted molar refractivity (Wildman–Crippen MR) is 97.8 cm³/mol. The lowest BCUT2D eigenvalue weighted by Crippen LogP contribution is -2.37. The van der Waals surface area contributed by atoms with Gasteiger partial charge in [-0.15, -0.1) is 0 Å². The van der Waals surface area contributed by atoms with Gasteiger partial charge in [-0.05, 0) is 57.3 Å². The molecule has 0 saturated carbocycles. The van der Waals surface area contributed by atoms with Gasteiger partial charge in [-0.2, -0.15) is 0 Å². The molecule has 2 atom stereocenters. The summed E-state index contributed by atoms with van der Waals surface area (Å²) >= 11 is 0. The van der Waals surface area contributed by atoms with Gasteiger partial charge in [0.15, 0.2) is 0 Å².